The largest absolute Gasteiger partial charge is 0.466 e. The van der Waals surface area contributed by atoms with E-state index in [4.69, 9.17) is 18.5 Å². The van der Waals surface area contributed by atoms with E-state index in [0.29, 0.717) is 25.2 Å². The number of methoxy groups -OCH3 is 1. The van der Waals surface area contributed by atoms with Gasteiger partial charge in [0, 0.05) is 13.0 Å². The molecule has 2 atom stereocenters. The molecule has 0 aliphatic carbocycles. The van der Waals surface area contributed by atoms with E-state index in [2.05, 4.69) is 0 Å². The van der Waals surface area contributed by atoms with Gasteiger partial charge < -0.3 is 18.5 Å². The first-order valence-corrected chi connectivity index (χ1v) is 9.47. The summed E-state index contributed by atoms with van der Waals surface area (Å²) in [6.07, 6.45) is 0.683. The van der Waals surface area contributed by atoms with Gasteiger partial charge in [-0.25, -0.2) is 9.36 Å². The van der Waals surface area contributed by atoms with Crippen molar-refractivity contribution < 1.29 is 27.9 Å². The van der Waals surface area contributed by atoms with Crippen molar-refractivity contribution in [3.05, 3.63) is 47.2 Å². The van der Waals surface area contributed by atoms with Gasteiger partial charge in [0.1, 0.15) is 5.76 Å². The van der Waals surface area contributed by atoms with Crippen LogP contribution in [0.25, 0.3) is 0 Å². The molecular weight excluding hydrogens is 331 g/mol. The van der Waals surface area contributed by atoms with E-state index in [1.165, 1.54) is 14.2 Å². The third-order valence-corrected chi connectivity index (χ3v) is 5.84. The highest BCUT2D eigenvalue weighted by atomic mass is 31.2. The molecule has 0 aromatic heterocycles. The molecule has 132 valence electrons. The van der Waals surface area contributed by atoms with Gasteiger partial charge >= 0.3 is 13.6 Å². The van der Waals surface area contributed by atoms with Gasteiger partial charge in [-0.1, -0.05) is 30.3 Å². The minimum absolute atomic E-state index is 0.223. The van der Waals surface area contributed by atoms with Crippen molar-refractivity contribution in [1.82, 2.24) is 0 Å². The van der Waals surface area contributed by atoms with Gasteiger partial charge in [0.2, 0.25) is 0 Å². The average Bonchev–Trinajstić information content (AvgIpc) is 2.72. The van der Waals surface area contributed by atoms with Gasteiger partial charge in [0.15, 0.2) is 0 Å². The van der Waals surface area contributed by atoms with Crippen molar-refractivity contribution in [3.8, 4) is 0 Å². The Balaban J connectivity index is 2.11. The van der Waals surface area contributed by atoms with Gasteiger partial charge in [-0.05, 0) is 18.9 Å². The van der Waals surface area contributed by atoms with Crippen LogP contribution in [0.15, 0.2) is 41.7 Å². The number of carbonyl (C=O) groups excluding carboxylic acids is 1. The van der Waals surface area contributed by atoms with Crippen LogP contribution in [0.5, 0.6) is 0 Å². The Bertz CT molecular complexity index is 640. The predicted octanol–water partition coefficient (Wildman–Crippen LogP) is 3.53. The van der Waals surface area contributed by atoms with Gasteiger partial charge in [-0.2, -0.15) is 0 Å². The van der Waals surface area contributed by atoms with Gasteiger partial charge in [0.05, 0.1) is 32.1 Å². The molecule has 0 N–H and O–H groups in total. The van der Waals surface area contributed by atoms with Crippen LogP contribution in [0.3, 0.4) is 0 Å². The minimum Gasteiger partial charge on any atom is -0.466 e. The van der Waals surface area contributed by atoms with E-state index in [0.717, 1.165) is 5.56 Å². The first-order chi connectivity index (χ1) is 11.5. The van der Waals surface area contributed by atoms with Crippen LogP contribution in [0, 0.1) is 5.92 Å². The van der Waals surface area contributed by atoms with Crippen molar-refractivity contribution in [1.29, 1.82) is 0 Å². The maximum Gasteiger partial charge on any atom is 0.378 e. The van der Waals surface area contributed by atoms with Crippen molar-refractivity contribution in [2.24, 2.45) is 5.92 Å². The Labute approximate surface area is 142 Å². The van der Waals surface area contributed by atoms with Crippen LogP contribution >= 0.6 is 7.60 Å². The van der Waals surface area contributed by atoms with Crippen molar-refractivity contribution >= 4 is 13.6 Å². The molecule has 0 fully saturated rings. The smallest absolute Gasteiger partial charge is 0.378 e. The topological polar surface area (TPSA) is 71.1 Å². The van der Waals surface area contributed by atoms with E-state index in [9.17, 15) is 9.36 Å². The summed E-state index contributed by atoms with van der Waals surface area (Å²) in [5.74, 6) is -0.477. The highest BCUT2D eigenvalue weighted by molar-refractivity contribution is 7.53. The van der Waals surface area contributed by atoms with E-state index >= 15 is 0 Å². The number of allylic oxidation sites excluding steroid dienone is 1. The second-order valence-corrected chi connectivity index (χ2v) is 7.77. The molecule has 0 saturated heterocycles. The SMILES string of the molecule is COC(=O)C1=C(C)O[P@@](=O)(OC)CC[C@H]1COCc1ccccc1. The molecule has 0 bridgehead atoms. The Hall–Kier alpha value is -1.62. The van der Waals surface area contributed by atoms with E-state index < -0.39 is 13.6 Å². The monoisotopic (exact) mass is 354 g/mol. The number of esters is 1. The summed E-state index contributed by atoms with van der Waals surface area (Å²) in [7, 11) is -0.574. The number of rotatable bonds is 6. The first kappa shape index (κ1) is 18.7. The second kappa shape index (κ2) is 8.47. The Morgan fingerprint density at radius 1 is 1.29 bits per heavy atom. The molecular formula is C17H23O6P. The van der Waals surface area contributed by atoms with Crippen LogP contribution < -0.4 is 0 Å². The number of hydrogen-bond acceptors (Lipinski definition) is 6. The third kappa shape index (κ3) is 4.69. The fourth-order valence-electron chi connectivity index (χ4n) is 2.66. The fraction of sp³-hybridized carbons (Fsp3) is 0.471. The molecule has 0 spiro atoms. The predicted molar refractivity (Wildman–Crippen MR) is 89.5 cm³/mol. The molecule has 6 nitrogen and oxygen atoms in total. The fourth-order valence-corrected chi connectivity index (χ4v) is 4.15. The summed E-state index contributed by atoms with van der Waals surface area (Å²) < 4.78 is 33.5. The highest BCUT2D eigenvalue weighted by Crippen LogP contribution is 2.53. The van der Waals surface area contributed by atoms with Crippen molar-refractivity contribution in [3.63, 3.8) is 0 Å². The molecule has 24 heavy (non-hydrogen) atoms. The lowest BCUT2D eigenvalue weighted by Crippen LogP contribution is -2.21. The van der Waals surface area contributed by atoms with Crippen LogP contribution in [0.2, 0.25) is 0 Å². The number of benzene rings is 1. The molecule has 0 unspecified atom stereocenters. The summed E-state index contributed by atoms with van der Waals surface area (Å²) in [6.45, 7) is 2.35. The zero-order valence-electron chi connectivity index (χ0n) is 14.2. The number of ether oxygens (including phenoxy) is 2. The number of hydrogen-bond donors (Lipinski definition) is 0. The first-order valence-electron chi connectivity index (χ1n) is 7.74. The third-order valence-electron chi connectivity index (χ3n) is 3.93. The molecule has 1 aliphatic rings. The van der Waals surface area contributed by atoms with Crippen LogP contribution in [-0.2, 0) is 34.5 Å². The standard InChI is InChI=1S/C17H23O6P/c1-13-16(17(18)20-2)15(9-10-24(19,21-3)23-13)12-22-11-14-7-5-4-6-8-14/h4-8,15H,9-12H2,1-3H3/t15-,24-/m0/s1. The summed E-state index contributed by atoms with van der Waals surface area (Å²) in [4.78, 5) is 12.1. The van der Waals surface area contributed by atoms with Crippen LogP contribution in [0.1, 0.15) is 18.9 Å². The van der Waals surface area contributed by atoms with Gasteiger partial charge in [0.25, 0.3) is 0 Å². The van der Waals surface area contributed by atoms with Crippen molar-refractivity contribution in [2.45, 2.75) is 20.0 Å². The molecule has 1 aromatic rings. The van der Waals surface area contributed by atoms with E-state index in [1.54, 1.807) is 6.92 Å². The molecule has 0 amide bonds. The molecule has 1 heterocycles. The Kier molecular flexibility index (Phi) is 6.60. The van der Waals surface area contributed by atoms with Crippen molar-refractivity contribution in [2.75, 3.05) is 27.0 Å². The summed E-state index contributed by atoms with van der Waals surface area (Å²) in [5.41, 5.74) is 1.41. The van der Waals surface area contributed by atoms with E-state index in [1.807, 2.05) is 30.3 Å². The lowest BCUT2D eigenvalue weighted by molar-refractivity contribution is -0.137. The van der Waals surface area contributed by atoms with Gasteiger partial charge in [-0.3, -0.25) is 0 Å². The second-order valence-electron chi connectivity index (χ2n) is 5.56. The Morgan fingerprint density at radius 3 is 2.62 bits per heavy atom. The van der Waals surface area contributed by atoms with Crippen LogP contribution in [0.4, 0.5) is 0 Å². The zero-order valence-corrected chi connectivity index (χ0v) is 15.1. The minimum atomic E-state index is -3.23. The molecule has 0 radical (unpaired) electrons. The maximum absolute atomic E-state index is 12.5. The molecule has 7 heteroatoms. The quantitative estimate of drug-likeness (QED) is 0.575. The lowest BCUT2D eigenvalue weighted by atomic mass is 9.96. The van der Waals surface area contributed by atoms with E-state index in [-0.39, 0.29) is 17.8 Å². The average molecular weight is 354 g/mol. The molecule has 1 aliphatic heterocycles. The molecule has 2 rings (SSSR count). The van der Waals surface area contributed by atoms with Crippen LogP contribution in [-0.4, -0.2) is 33.0 Å². The summed E-state index contributed by atoms with van der Waals surface area (Å²) >= 11 is 0. The maximum atomic E-state index is 12.5. The zero-order chi connectivity index (χ0) is 17.6. The molecule has 1 aromatic carbocycles. The molecule has 0 saturated carbocycles. The highest BCUT2D eigenvalue weighted by Gasteiger charge is 2.36. The number of carbonyl (C=O) groups is 1. The normalized spacial score (nSPS) is 24.2. The lowest BCUT2D eigenvalue weighted by Gasteiger charge is -2.17. The van der Waals surface area contributed by atoms with Gasteiger partial charge in [-0.15, -0.1) is 0 Å². The summed E-state index contributed by atoms with van der Waals surface area (Å²) in [6, 6.07) is 9.76. The Morgan fingerprint density at radius 2 is 2.00 bits per heavy atom. The summed E-state index contributed by atoms with van der Waals surface area (Å²) in [5, 5.41) is 0.